The van der Waals surface area contributed by atoms with Gasteiger partial charge in [-0.2, -0.15) is 11.8 Å². The zero-order chi connectivity index (χ0) is 11.1. The first-order valence-electron chi connectivity index (χ1n) is 5.82. The van der Waals surface area contributed by atoms with Gasteiger partial charge in [-0.25, -0.2) is 0 Å². The quantitative estimate of drug-likeness (QED) is 0.698. The SMILES string of the molecule is CCCSCC(=O)NC1CCNCC1C. The molecule has 0 aromatic heterocycles. The summed E-state index contributed by atoms with van der Waals surface area (Å²) >= 11 is 1.72. The average Bonchev–Trinajstić information content (AvgIpc) is 2.22. The number of piperidine rings is 1. The Morgan fingerprint density at radius 3 is 3.07 bits per heavy atom. The number of nitrogens with one attached hydrogen (secondary N) is 2. The first kappa shape index (κ1) is 12.8. The molecule has 1 rings (SSSR count). The Balaban J connectivity index is 2.18. The van der Waals surface area contributed by atoms with Crippen molar-refractivity contribution < 1.29 is 4.79 Å². The Labute approximate surface area is 96.8 Å². The van der Waals surface area contributed by atoms with Crippen LogP contribution in [0.3, 0.4) is 0 Å². The lowest BCUT2D eigenvalue weighted by molar-refractivity contribution is -0.119. The van der Waals surface area contributed by atoms with Crippen LogP contribution >= 0.6 is 11.8 Å². The van der Waals surface area contributed by atoms with E-state index in [1.165, 1.54) is 0 Å². The summed E-state index contributed by atoms with van der Waals surface area (Å²) in [5.74, 6) is 2.45. The maximum absolute atomic E-state index is 11.6. The van der Waals surface area contributed by atoms with Gasteiger partial charge in [0.15, 0.2) is 0 Å². The van der Waals surface area contributed by atoms with E-state index in [1.807, 2.05) is 0 Å². The number of thioether (sulfide) groups is 1. The lowest BCUT2D eigenvalue weighted by Crippen LogP contribution is -2.48. The second-order valence-electron chi connectivity index (χ2n) is 4.20. The Kier molecular flexibility index (Phi) is 6.10. The molecule has 1 amide bonds. The Hall–Kier alpha value is -0.220. The Morgan fingerprint density at radius 2 is 2.40 bits per heavy atom. The van der Waals surface area contributed by atoms with Crippen LogP contribution < -0.4 is 10.6 Å². The van der Waals surface area contributed by atoms with Gasteiger partial charge in [-0.15, -0.1) is 0 Å². The van der Waals surface area contributed by atoms with Crippen molar-refractivity contribution in [2.75, 3.05) is 24.6 Å². The van der Waals surface area contributed by atoms with Crippen LogP contribution in [-0.2, 0) is 4.79 Å². The highest BCUT2D eigenvalue weighted by Gasteiger charge is 2.22. The van der Waals surface area contributed by atoms with Crippen molar-refractivity contribution in [2.24, 2.45) is 5.92 Å². The summed E-state index contributed by atoms with van der Waals surface area (Å²) in [6.45, 7) is 6.38. The zero-order valence-electron chi connectivity index (χ0n) is 9.71. The third kappa shape index (κ3) is 4.89. The molecule has 2 atom stereocenters. The van der Waals surface area contributed by atoms with Crippen molar-refractivity contribution in [1.29, 1.82) is 0 Å². The molecule has 4 heteroatoms. The molecule has 1 heterocycles. The minimum atomic E-state index is 0.201. The predicted molar refractivity (Wildman–Crippen MR) is 66.2 cm³/mol. The van der Waals surface area contributed by atoms with Gasteiger partial charge in [0.05, 0.1) is 5.75 Å². The number of hydrogen-bond acceptors (Lipinski definition) is 3. The molecule has 0 spiro atoms. The van der Waals surface area contributed by atoms with Gasteiger partial charge in [-0.05, 0) is 37.6 Å². The van der Waals surface area contributed by atoms with E-state index in [0.717, 1.165) is 31.7 Å². The number of carbonyl (C=O) groups is 1. The lowest BCUT2D eigenvalue weighted by atomic mass is 9.95. The first-order chi connectivity index (χ1) is 7.24. The Morgan fingerprint density at radius 1 is 1.60 bits per heavy atom. The van der Waals surface area contributed by atoms with Gasteiger partial charge in [0, 0.05) is 6.04 Å². The molecule has 0 aromatic carbocycles. The molecule has 2 unspecified atom stereocenters. The fourth-order valence-corrected chi connectivity index (χ4v) is 2.49. The number of rotatable bonds is 5. The molecule has 88 valence electrons. The van der Waals surface area contributed by atoms with E-state index in [4.69, 9.17) is 0 Å². The molecule has 0 aliphatic carbocycles. The van der Waals surface area contributed by atoms with Crippen molar-refractivity contribution in [3.8, 4) is 0 Å². The van der Waals surface area contributed by atoms with E-state index >= 15 is 0 Å². The summed E-state index contributed by atoms with van der Waals surface area (Å²) < 4.78 is 0. The van der Waals surface area contributed by atoms with E-state index in [9.17, 15) is 4.79 Å². The van der Waals surface area contributed by atoms with Crippen molar-refractivity contribution in [1.82, 2.24) is 10.6 Å². The van der Waals surface area contributed by atoms with Crippen LogP contribution in [0.1, 0.15) is 26.7 Å². The molecule has 0 radical (unpaired) electrons. The molecule has 15 heavy (non-hydrogen) atoms. The van der Waals surface area contributed by atoms with E-state index in [1.54, 1.807) is 11.8 Å². The van der Waals surface area contributed by atoms with Gasteiger partial charge in [-0.3, -0.25) is 4.79 Å². The monoisotopic (exact) mass is 230 g/mol. The van der Waals surface area contributed by atoms with Crippen molar-refractivity contribution in [3.63, 3.8) is 0 Å². The molecule has 0 aromatic rings. The van der Waals surface area contributed by atoms with Crippen LogP contribution in [0, 0.1) is 5.92 Å². The van der Waals surface area contributed by atoms with Crippen LogP contribution in [0.25, 0.3) is 0 Å². The molecular weight excluding hydrogens is 208 g/mol. The van der Waals surface area contributed by atoms with Gasteiger partial charge in [0.1, 0.15) is 0 Å². The minimum absolute atomic E-state index is 0.201. The summed E-state index contributed by atoms with van der Waals surface area (Å²) in [6, 6.07) is 0.376. The Bertz CT molecular complexity index is 199. The molecule has 2 N–H and O–H groups in total. The van der Waals surface area contributed by atoms with Crippen LogP contribution in [0.4, 0.5) is 0 Å². The van der Waals surface area contributed by atoms with E-state index < -0.39 is 0 Å². The molecule has 1 saturated heterocycles. The second-order valence-corrected chi connectivity index (χ2v) is 5.30. The fraction of sp³-hybridized carbons (Fsp3) is 0.909. The molecule has 0 saturated carbocycles. The standard InChI is InChI=1S/C11H22N2OS/c1-3-6-15-8-11(14)13-10-4-5-12-7-9(10)2/h9-10,12H,3-8H2,1-2H3,(H,13,14). The highest BCUT2D eigenvalue weighted by Crippen LogP contribution is 2.10. The largest absolute Gasteiger partial charge is 0.352 e. The summed E-state index contributed by atoms with van der Waals surface area (Å²) in [4.78, 5) is 11.6. The topological polar surface area (TPSA) is 41.1 Å². The maximum Gasteiger partial charge on any atom is 0.230 e. The second kappa shape index (κ2) is 7.12. The molecule has 3 nitrogen and oxygen atoms in total. The summed E-state index contributed by atoms with van der Waals surface area (Å²) in [5, 5.41) is 6.46. The third-order valence-corrected chi connectivity index (χ3v) is 3.88. The summed E-state index contributed by atoms with van der Waals surface area (Å²) in [7, 11) is 0. The normalized spacial score (nSPS) is 26.3. The highest BCUT2D eigenvalue weighted by molar-refractivity contribution is 7.99. The predicted octanol–water partition coefficient (Wildman–Crippen LogP) is 1.24. The lowest BCUT2D eigenvalue weighted by Gasteiger charge is -2.30. The number of amides is 1. The summed E-state index contributed by atoms with van der Waals surface area (Å²) in [6.07, 6.45) is 2.20. The van der Waals surface area contributed by atoms with Gasteiger partial charge < -0.3 is 10.6 Å². The van der Waals surface area contributed by atoms with Crippen LogP contribution in [0.5, 0.6) is 0 Å². The smallest absolute Gasteiger partial charge is 0.230 e. The van der Waals surface area contributed by atoms with Gasteiger partial charge in [-0.1, -0.05) is 13.8 Å². The van der Waals surface area contributed by atoms with Gasteiger partial charge in [0.2, 0.25) is 5.91 Å². The summed E-state index contributed by atoms with van der Waals surface area (Å²) in [5.41, 5.74) is 0. The van der Waals surface area contributed by atoms with E-state index in [2.05, 4.69) is 24.5 Å². The zero-order valence-corrected chi connectivity index (χ0v) is 10.5. The molecule has 0 bridgehead atoms. The molecular formula is C11H22N2OS. The van der Waals surface area contributed by atoms with Crippen LogP contribution in [-0.4, -0.2) is 36.5 Å². The fourth-order valence-electron chi connectivity index (χ4n) is 1.79. The average molecular weight is 230 g/mol. The van der Waals surface area contributed by atoms with Gasteiger partial charge >= 0.3 is 0 Å². The van der Waals surface area contributed by atoms with E-state index in [-0.39, 0.29) is 5.91 Å². The molecule has 1 fully saturated rings. The van der Waals surface area contributed by atoms with Crippen molar-refractivity contribution in [3.05, 3.63) is 0 Å². The van der Waals surface area contributed by atoms with Crippen molar-refractivity contribution in [2.45, 2.75) is 32.7 Å². The highest BCUT2D eigenvalue weighted by atomic mass is 32.2. The number of carbonyl (C=O) groups excluding carboxylic acids is 1. The maximum atomic E-state index is 11.6. The third-order valence-electron chi connectivity index (χ3n) is 2.71. The van der Waals surface area contributed by atoms with Gasteiger partial charge in [0.25, 0.3) is 0 Å². The van der Waals surface area contributed by atoms with Crippen LogP contribution in [0.2, 0.25) is 0 Å². The molecule has 1 aliphatic rings. The van der Waals surface area contributed by atoms with E-state index in [0.29, 0.717) is 17.7 Å². The minimum Gasteiger partial charge on any atom is -0.352 e. The molecule has 1 aliphatic heterocycles. The number of hydrogen-bond donors (Lipinski definition) is 2. The first-order valence-corrected chi connectivity index (χ1v) is 6.97. The van der Waals surface area contributed by atoms with Crippen LogP contribution in [0.15, 0.2) is 0 Å². The van der Waals surface area contributed by atoms with Crippen molar-refractivity contribution >= 4 is 17.7 Å².